The van der Waals surface area contributed by atoms with Crippen LogP contribution in [0.2, 0.25) is 13.3 Å². The van der Waals surface area contributed by atoms with Crippen LogP contribution in [-0.2, 0) is 0 Å². The molecule has 0 radical (unpaired) electrons. The molecule has 0 saturated carbocycles. The zero-order valence-electron chi connectivity index (χ0n) is 36.7. The van der Waals surface area contributed by atoms with Crippen molar-refractivity contribution in [3.05, 3.63) is 110 Å². The predicted molar refractivity (Wildman–Crippen MR) is 289 cm³/mol. The van der Waals surface area contributed by atoms with Gasteiger partial charge in [0, 0.05) is 34.3 Å². The summed E-state index contributed by atoms with van der Waals surface area (Å²) in [7, 11) is 0. The van der Waals surface area contributed by atoms with E-state index in [9.17, 15) is 14.4 Å². The summed E-state index contributed by atoms with van der Waals surface area (Å²) >= 11 is 10.8. The average molecular weight is 1170 g/mol. The van der Waals surface area contributed by atoms with E-state index in [1.165, 1.54) is 72.5 Å². The number of benzene rings is 3. The van der Waals surface area contributed by atoms with E-state index in [4.69, 9.17) is 10.1 Å². The molecule has 66 heavy (non-hydrogen) atoms. The number of Topliss-reactive ketones (excluding diaryl/α,β-unsaturated/α-hetero) is 2. The van der Waals surface area contributed by atoms with Gasteiger partial charge in [-0.3, -0.25) is 9.59 Å². The number of nitrogens with zero attached hydrogens (tertiary/aromatic N) is 6. The number of unbranched alkanes of at least 4 members (excludes halogenated alkanes) is 3. The Morgan fingerprint density at radius 1 is 0.561 bits per heavy atom. The molecule has 346 valence electrons. The molecular formula is C48H53BrN6O4S6Sn. The Labute approximate surface area is 422 Å². The minimum Gasteiger partial charge on any atom is -0.478 e. The van der Waals surface area contributed by atoms with E-state index in [0.29, 0.717) is 0 Å². The third-order valence-electron chi connectivity index (χ3n) is 10.3. The fourth-order valence-corrected chi connectivity index (χ4v) is 30.9. The van der Waals surface area contributed by atoms with Gasteiger partial charge in [-0.15, -0.1) is 56.7 Å². The quantitative estimate of drug-likeness (QED) is 0.0776. The number of thiazole rings is 6. The molecule has 0 fully saturated rings. The minimum absolute atomic E-state index is 0. The van der Waals surface area contributed by atoms with Gasteiger partial charge in [0.2, 0.25) is 0 Å². The van der Waals surface area contributed by atoms with Gasteiger partial charge >= 0.3 is 128 Å². The van der Waals surface area contributed by atoms with Crippen molar-refractivity contribution >= 4 is 154 Å². The number of aromatic carboxylic acids is 1. The van der Waals surface area contributed by atoms with Crippen LogP contribution >= 0.6 is 84.0 Å². The van der Waals surface area contributed by atoms with E-state index in [0.717, 1.165) is 65.7 Å². The molecule has 6 aromatic heterocycles. The van der Waals surface area contributed by atoms with Crippen molar-refractivity contribution in [3.8, 4) is 20.0 Å². The largest absolute Gasteiger partial charge is 0.478 e. The van der Waals surface area contributed by atoms with Crippen LogP contribution in [0.1, 0.15) is 112 Å². The van der Waals surface area contributed by atoms with Crippen molar-refractivity contribution in [3.63, 3.8) is 0 Å². The molecular weight excluding hydrogens is 1120 g/mol. The molecule has 0 bridgehead atoms. The number of halogens is 1. The van der Waals surface area contributed by atoms with E-state index in [-0.39, 0.29) is 24.6 Å². The molecule has 0 aliphatic carbocycles. The van der Waals surface area contributed by atoms with Crippen LogP contribution < -0.4 is 3.02 Å². The molecule has 6 heterocycles. The van der Waals surface area contributed by atoms with E-state index >= 15 is 0 Å². The third-order valence-corrected chi connectivity index (χ3v) is 34.4. The summed E-state index contributed by atoms with van der Waals surface area (Å²) in [5.74, 6) is -0.751. The minimum atomic E-state index is -2.12. The molecule has 0 atom stereocenters. The summed E-state index contributed by atoms with van der Waals surface area (Å²) in [6.07, 6.45) is 13.9. The van der Waals surface area contributed by atoms with Crippen LogP contribution in [0.4, 0.5) is 0 Å². The summed E-state index contributed by atoms with van der Waals surface area (Å²) in [6.45, 7) is 10.1. The Morgan fingerprint density at radius 2 is 0.970 bits per heavy atom. The van der Waals surface area contributed by atoms with Gasteiger partial charge in [0.1, 0.15) is 0 Å². The average Bonchev–Trinajstić information content (AvgIpc) is 4.16. The van der Waals surface area contributed by atoms with Gasteiger partial charge in [-0.2, -0.15) is 0 Å². The molecule has 0 spiro atoms. The Bertz CT molecular complexity index is 2790. The fourth-order valence-electron chi connectivity index (χ4n) is 6.88. The molecule has 18 heteroatoms. The van der Waals surface area contributed by atoms with Crippen LogP contribution in [-0.4, -0.2) is 70.9 Å². The summed E-state index contributed by atoms with van der Waals surface area (Å²) in [5.41, 5.74) is 4.42. The van der Waals surface area contributed by atoms with E-state index in [1.807, 2.05) is 58.6 Å². The standard InChI is InChI=1S/C12H8N2OS2.C11H6N2O2S2.C9H6BrNOS.3C4H9.C3H2NS.CH4.Sn/c1-7(15)8-2-3-9-10(6-8)17-12(14-9)11-13-4-5-16-11;14-11(15)6-1-2-7-8(5-6)17-10(13-7)9-12-3-4-16-9;1-5(12)6-2-3-7-8(4-6)13-9(10)11-7;3*1-3-4-2;1-2-5-3-4-1;;/h2-6H,1H3;1-5H,(H,14,15);2-4H,1H3;3*1,3-4H2,2H3;1-2H;1H4;. The Hall–Kier alpha value is -3.69. The molecule has 0 saturated heterocycles. The number of carbonyl (C=O) groups excluding carboxylic acids is 2. The Balaban J connectivity index is 0.000000165. The van der Waals surface area contributed by atoms with Crippen LogP contribution in [0, 0.1) is 0 Å². The summed E-state index contributed by atoms with van der Waals surface area (Å²) in [5, 5.41) is 18.5. The predicted octanol–water partition coefficient (Wildman–Crippen LogP) is 15.8. The molecule has 0 aliphatic rings. The van der Waals surface area contributed by atoms with Crippen LogP contribution in [0.15, 0.2) is 93.2 Å². The Kier molecular flexibility index (Phi) is 21.1. The van der Waals surface area contributed by atoms with Gasteiger partial charge in [-0.05, 0) is 84.4 Å². The maximum Gasteiger partial charge on any atom is 0.335 e. The SMILES string of the molecule is C.CC(=O)c1ccc2nc(-c3nccs3)sc2c1.CC(=O)c1ccc2nc(Br)sc2c1.CCC[CH2][Sn]([CH2]CCC)([CH2]CCC)[c]1nccs1.O=C(O)c1ccc2nc(-c3nccs3)sc2c1. The van der Waals surface area contributed by atoms with Crippen molar-refractivity contribution in [2.75, 3.05) is 0 Å². The molecule has 3 aromatic carbocycles. The van der Waals surface area contributed by atoms with Crippen LogP contribution in [0.5, 0.6) is 0 Å². The first-order chi connectivity index (χ1) is 31.4. The molecule has 0 unspecified atom stereocenters. The molecule has 0 aliphatic heterocycles. The molecule has 10 nitrogen and oxygen atoms in total. The van der Waals surface area contributed by atoms with Gasteiger partial charge in [0.25, 0.3) is 0 Å². The van der Waals surface area contributed by atoms with E-state index < -0.39 is 24.3 Å². The van der Waals surface area contributed by atoms with Crippen molar-refractivity contribution in [1.29, 1.82) is 0 Å². The second-order valence-electron chi connectivity index (χ2n) is 15.1. The molecule has 9 rings (SSSR count). The van der Waals surface area contributed by atoms with Crippen molar-refractivity contribution in [2.24, 2.45) is 0 Å². The topological polar surface area (TPSA) is 149 Å². The fraction of sp³-hybridized carbons (Fsp3) is 0.312. The molecule has 1 N–H and O–H groups in total. The number of hydrogen-bond acceptors (Lipinski definition) is 15. The first-order valence-electron chi connectivity index (χ1n) is 21.3. The second-order valence-corrected chi connectivity index (χ2v) is 36.1. The van der Waals surface area contributed by atoms with Gasteiger partial charge in [-0.25, -0.2) is 29.7 Å². The zero-order chi connectivity index (χ0) is 46.3. The molecule has 9 aromatic rings. The number of ketones is 2. The second kappa shape index (κ2) is 26.2. The summed E-state index contributed by atoms with van der Waals surface area (Å²) in [6, 6.07) is 16.1. The monoisotopic (exact) mass is 1170 g/mol. The number of aromatic nitrogens is 6. The Morgan fingerprint density at radius 3 is 1.36 bits per heavy atom. The number of fused-ring (bicyclic) bond motifs is 3. The first kappa shape index (κ1) is 53.3. The maximum absolute atomic E-state index is 11.3. The third kappa shape index (κ3) is 14.4. The number of rotatable bonds is 15. The van der Waals surface area contributed by atoms with E-state index in [1.54, 1.807) is 89.5 Å². The smallest absolute Gasteiger partial charge is 0.335 e. The zero-order valence-corrected chi connectivity index (χ0v) is 46.0. The number of carboxylic acid groups (broad SMARTS) is 1. The van der Waals surface area contributed by atoms with Gasteiger partial charge in [0.15, 0.2) is 35.5 Å². The van der Waals surface area contributed by atoms with Gasteiger partial charge in [0.05, 0.1) is 36.2 Å². The van der Waals surface area contributed by atoms with Crippen molar-refractivity contribution < 1.29 is 19.5 Å². The normalized spacial score (nSPS) is 10.9. The summed E-state index contributed by atoms with van der Waals surface area (Å²) in [4.78, 5) is 59.6. The van der Waals surface area contributed by atoms with E-state index in [2.05, 4.69) is 67.0 Å². The maximum atomic E-state index is 11.3. The van der Waals surface area contributed by atoms with Crippen LogP contribution in [0.3, 0.4) is 0 Å². The molecule has 0 amide bonds. The van der Waals surface area contributed by atoms with Gasteiger partial charge < -0.3 is 5.11 Å². The van der Waals surface area contributed by atoms with Crippen LogP contribution in [0.25, 0.3) is 50.7 Å². The number of carbonyl (C=O) groups is 3. The number of carboxylic acids is 1. The first-order valence-corrected chi connectivity index (χ1v) is 34.6. The summed E-state index contributed by atoms with van der Waals surface area (Å²) < 4.78 is 10.0. The number of hydrogen-bond donors (Lipinski definition) is 1. The van der Waals surface area contributed by atoms with Crippen molar-refractivity contribution in [2.45, 2.75) is 93.9 Å². The van der Waals surface area contributed by atoms with Crippen molar-refractivity contribution in [1.82, 2.24) is 29.9 Å². The van der Waals surface area contributed by atoms with Gasteiger partial charge in [-0.1, -0.05) is 7.43 Å².